The van der Waals surface area contributed by atoms with Gasteiger partial charge in [-0.25, -0.2) is 4.79 Å². The van der Waals surface area contributed by atoms with Gasteiger partial charge in [0.1, 0.15) is 11.5 Å². The molecule has 0 bridgehead atoms. The largest absolute Gasteiger partial charge is 0.494 e. The number of carbonyl (C=O) groups is 1. The van der Waals surface area contributed by atoms with Crippen LogP contribution in [0.5, 0.6) is 11.5 Å². The van der Waals surface area contributed by atoms with Crippen LogP contribution in [0.25, 0.3) is 11.1 Å². The Balaban J connectivity index is 1.44. The summed E-state index contributed by atoms with van der Waals surface area (Å²) >= 11 is 0. The van der Waals surface area contributed by atoms with Crippen molar-refractivity contribution in [3.63, 3.8) is 0 Å². The van der Waals surface area contributed by atoms with Gasteiger partial charge in [0.05, 0.1) is 18.8 Å². The molecule has 3 aromatic carbocycles. The maximum atomic E-state index is 12.7. The quantitative estimate of drug-likeness (QED) is 0.0803. The Labute approximate surface area is 220 Å². The van der Waals surface area contributed by atoms with Gasteiger partial charge in [0.2, 0.25) is 5.90 Å². The first-order chi connectivity index (χ1) is 18.0. The molecule has 1 N–H and O–H groups in total. The SMILES string of the molecule is C=CC(=N)OCCCCCCOc1ccc(C(=O)Oc2ccc(-c3ccc(CCC)cc3)cc2C)cc1. The van der Waals surface area contributed by atoms with E-state index in [0.717, 1.165) is 61.0 Å². The van der Waals surface area contributed by atoms with Crippen LogP contribution in [0.1, 0.15) is 60.5 Å². The van der Waals surface area contributed by atoms with Gasteiger partial charge in [-0.1, -0.05) is 50.3 Å². The molecule has 0 atom stereocenters. The highest BCUT2D eigenvalue weighted by Gasteiger charge is 2.12. The Morgan fingerprint density at radius 3 is 2.22 bits per heavy atom. The summed E-state index contributed by atoms with van der Waals surface area (Å²) in [5, 5.41) is 7.35. The number of aryl methyl sites for hydroxylation is 2. The Kier molecular flexibility index (Phi) is 11.0. The monoisotopic (exact) mass is 499 g/mol. The van der Waals surface area contributed by atoms with Crippen molar-refractivity contribution in [1.29, 1.82) is 5.41 Å². The van der Waals surface area contributed by atoms with Crippen molar-refractivity contribution in [3.8, 4) is 22.6 Å². The minimum Gasteiger partial charge on any atom is -0.494 e. The molecule has 37 heavy (non-hydrogen) atoms. The third kappa shape index (κ3) is 8.94. The summed E-state index contributed by atoms with van der Waals surface area (Å²) in [5.41, 5.74) is 4.98. The van der Waals surface area contributed by atoms with Crippen LogP contribution in [0, 0.1) is 12.3 Å². The van der Waals surface area contributed by atoms with E-state index in [-0.39, 0.29) is 5.90 Å². The molecule has 0 unspecified atom stereocenters. The van der Waals surface area contributed by atoms with Crippen molar-refractivity contribution in [1.82, 2.24) is 0 Å². The zero-order chi connectivity index (χ0) is 26.5. The molecular formula is C32H37NO4. The highest BCUT2D eigenvalue weighted by Crippen LogP contribution is 2.27. The molecule has 3 rings (SSSR count). The third-order valence-electron chi connectivity index (χ3n) is 6.04. The smallest absolute Gasteiger partial charge is 0.343 e. The Morgan fingerprint density at radius 1 is 0.892 bits per heavy atom. The van der Waals surface area contributed by atoms with Gasteiger partial charge in [0.15, 0.2) is 0 Å². The Hall–Kier alpha value is -3.86. The maximum absolute atomic E-state index is 12.7. The van der Waals surface area contributed by atoms with Crippen LogP contribution in [0.2, 0.25) is 0 Å². The summed E-state index contributed by atoms with van der Waals surface area (Å²) in [7, 11) is 0. The van der Waals surface area contributed by atoms with Crippen LogP contribution in [0.3, 0.4) is 0 Å². The molecule has 5 heteroatoms. The standard InChI is InChI=1S/C32H37NO4/c1-4-10-25-11-13-26(14-12-25)28-17-20-30(24(3)23-28)37-32(34)27-15-18-29(19-16-27)35-21-8-6-7-9-22-36-31(33)5-2/h5,11-20,23,33H,2,4,6-10,21-22H2,1,3H3. The van der Waals surface area contributed by atoms with Crippen molar-refractivity contribution < 1.29 is 19.0 Å². The van der Waals surface area contributed by atoms with Crippen LogP contribution in [0.15, 0.2) is 79.4 Å². The first-order valence-electron chi connectivity index (χ1n) is 13.0. The number of hydrogen-bond donors (Lipinski definition) is 1. The van der Waals surface area contributed by atoms with Crippen LogP contribution in [-0.2, 0) is 11.2 Å². The molecule has 0 aliphatic carbocycles. The lowest BCUT2D eigenvalue weighted by Crippen LogP contribution is -2.09. The van der Waals surface area contributed by atoms with Gasteiger partial charge in [-0.2, -0.15) is 0 Å². The van der Waals surface area contributed by atoms with E-state index >= 15 is 0 Å². The van der Waals surface area contributed by atoms with Gasteiger partial charge >= 0.3 is 5.97 Å². The number of nitrogens with one attached hydrogen (secondary N) is 1. The van der Waals surface area contributed by atoms with E-state index in [1.807, 2.05) is 25.1 Å². The molecular weight excluding hydrogens is 462 g/mol. The number of rotatable bonds is 14. The van der Waals surface area contributed by atoms with Gasteiger partial charge in [-0.15, -0.1) is 0 Å². The van der Waals surface area contributed by atoms with Crippen molar-refractivity contribution in [2.75, 3.05) is 13.2 Å². The molecule has 0 heterocycles. The fourth-order valence-electron chi connectivity index (χ4n) is 3.93. The molecule has 0 aliphatic heterocycles. The molecule has 0 fully saturated rings. The van der Waals surface area contributed by atoms with E-state index in [2.05, 4.69) is 37.8 Å². The Morgan fingerprint density at radius 2 is 1.57 bits per heavy atom. The van der Waals surface area contributed by atoms with Crippen molar-refractivity contribution >= 4 is 11.9 Å². The molecule has 0 aliphatic rings. The first kappa shape index (κ1) is 27.7. The summed E-state index contributed by atoms with van der Waals surface area (Å²) < 4.78 is 16.6. The molecule has 0 saturated carbocycles. The lowest BCUT2D eigenvalue weighted by molar-refractivity contribution is 0.0733. The Bertz CT molecular complexity index is 1170. The molecule has 194 valence electrons. The number of esters is 1. The van der Waals surface area contributed by atoms with E-state index in [0.29, 0.717) is 24.5 Å². The van der Waals surface area contributed by atoms with Gasteiger partial charge < -0.3 is 14.2 Å². The summed E-state index contributed by atoms with van der Waals surface area (Å²) in [6, 6.07) is 21.6. The van der Waals surface area contributed by atoms with Gasteiger partial charge in [0.25, 0.3) is 0 Å². The normalized spacial score (nSPS) is 10.5. The van der Waals surface area contributed by atoms with Crippen molar-refractivity contribution in [2.24, 2.45) is 0 Å². The number of benzene rings is 3. The number of carbonyl (C=O) groups excluding carboxylic acids is 1. The van der Waals surface area contributed by atoms with Gasteiger partial charge in [-0.3, -0.25) is 5.41 Å². The minimum atomic E-state index is -0.391. The molecule has 0 radical (unpaired) electrons. The van der Waals surface area contributed by atoms with Gasteiger partial charge in [0, 0.05) is 0 Å². The highest BCUT2D eigenvalue weighted by molar-refractivity contribution is 5.91. The fourth-order valence-corrected chi connectivity index (χ4v) is 3.93. The lowest BCUT2D eigenvalue weighted by atomic mass is 10.0. The molecule has 0 saturated heterocycles. The maximum Gasteiger partial charge on any atom is 0.343 e. The van der Waals surface area contributed by atoms with Crippen molar-refractivity contribution in [3.05, 3.63) is 96.1 Å². The van der Waals surface area contributed by atoms with Gasteiger partial charge in [-0.05, 0) is 104 Å². The van der Waals surface area contributed by atoms with Crippen LogP contribution in [-0.4, -0.2) is 25.1 Å². The van der Waals surface area contributed by atoms with E-state index in [1.54, 1.807) is 24.3 Å². The summed E-state index contributed by atoms with van der Waals surface area (Å²) in [4.78, 5) is 12.7. The second kappa shape index (κ2) is 14.6. The topological polar surface area (TPSA) is 68.6 Å². The average Bonchev–Trinajstić information content (AvgIpc) is 2.92. The van der Waals surface area contributed by atoms with Crippen LogP contribution < -0.4 is 9.47 Å². The summed E-state index contributed by atoms with van der Waals surface area (Å²) in [5.74, 6) is 1.01. The number of unbranched alkanes of at least 4 members (excludes halogenated alkanes) is 3. The van der Waals surface area contributed by atoms with E-state index in [9.17, 15) is 4.79 Å². The zero-order valence-electron chi connectivity index (χ0n) is 21.9. The summed E-state index contributed by atoms with van der Waals surface area (Å²) in [6.45, 7) is 8.78. The number of ether oxygens (including phenoxy) is 3. The van der Waals surface area contributed by atoms with E-state index in [1.165, 1.54) is 11.6 Å². The molecule has 0 amide bonds. The molecule has 0 aromatic heterocycles. The summed E-state index contributed by atoms with van der Waals surface area (Å²) in [6.07, 6.45) is 7.49. The van der Waals surface area contributed by atoms with Crippen molar-refractivity contribution in [2.45, 2.75) is 52.4 Å². The lowest BCUT2D eigenvalue weighted by Gasteiger charge is -2.11. The minimum absolute atomic E-state index is 0.118. The molecule has 0 spiro atoms. The van der Waals surface area contributed by atoms with E-state index in [4.69, 9.17) is 19.6 Å². The predicted octanol–water partition coefficient (Wildman–Crippen LogP) is 7.95. The van der Waals surface area contributed by atoms with Crippen LogP contribution >= 0.6 is 0 Å². The fraction of sp³-hybridized carbons (Fsp3) is 0.312. The first-order valence-corrected chi connectivity index (χ1v) is 13.0. The molecule has 5 nitrogen and oxygen atoms in total. The predicted molar refractivity (Wildman–Crippen MR) is 150 cm³/mol. The van der Waals surface area contributed by atoms with E-state index < -0.39 is 5.97 Å². The zero-order valence-corrected chi connectivity index (χ0v) is 21.9. The second-order valence-corrected chi connectivity index (χ2v) is 9.02. The third-order valence-corrected chi connectivity index (χ3v) is 6.04. The number of hydrogen-bond acceptors (Lipinski definition) is 5. The van der Waals surface area contributed by atoms with Crippen LogP contribution in [0.4, 0.5) is 0 Å². The second-order valence-electron chi connectivity index (χ2n) is 9.02. The highest BCUT2D eigenvalue weighted by atomic mass is 16.5. The molecule has 3 aromatic rings. The average molecular weight is 500 g/mol.